The van der Waals surface area contributed by atoms with Gasteiger partial charge in [-0.05, 0) is 90.9 Å². The maximum Gasteiger partial charge on any atom is 0.123 e. The third kappa shape index (κ3) is 2.86. The van der Waals surface area contributed by atoms with Gasteiger partial charge in [-0.3, -0.25) is 0 Å². The zero-order valence-corrected chi connectivity index (χ0v) is 19.3. The summed E-state index contributed by atoms with van der Waals surface area (Å²) in [5.74, 6) is 6.13. The van der Waals surface area contributed by atoms with Crippen molar-refractivity contribution >= 4 is 0 Å². The van der Waals surface area contributed by atoms with Crippen LogP contribution >= 0.6 is 0 Å². The highest BCUT2D eigenvalue weighted by molar-refractivity contribution is 5.50. The number of benzene rings is 1. The van der Waals surface area contributed by atoms with E-state index in [1.165, 1.54) is 43.2 Å². The van der Waals surface area contributed by atoms with Crippen LogP contribution in [0.5, 0.6) is 5.75 Å². The Kier molecular flexibility index (Phi) is 4.91. The molecule has 156 valence electrons. The molecule has 0 aromatic heterocycles. The van der Waals surface area contributed by atoms with Gasteiger partial charge in [-0.25, -0.2) is 0 Å². The summed E-state index contributed by atoms with van der Waals surface area (Å²) >= 11 is 0. The quantitative estimate of drug-likeness (QED) is 0.576. The second kappa shape index (κ2) is 6.78. The molecule has 0 heterocycles. The van der Waals surface area contributed by atoms with Crippen LogP contribution in [-0.2, 0) is 10.8 Å². The summed E-state index contributed by atoms with van der Waals surface area (Å²) in [4.78, 5) is 0. The number of fused-ring (bicyclic) bond motifs is 5. The van der Waals surface area contributed by atoms with Gasteiger partial charge >= 0.3 is 0 Å². The Hall–Kier alpha value is -0.980. The molecular weight excluding hydrogens is 340 g/mol. The largest absolute Gasteiger partial charge is 0.507 e. The molecule has 28 heavy (non-hydrogen) atoms. The van der Waals surface area contributed by atoms with Crippen LogP contribution in [-0.4, -0.2) is 5.11 Å². The molecule has 4 rings (SSSR count). The van der Waals surface area contributed by atoms with E-state index in [4.69, 9.17) is 0 Å². The highest BCUT2D eigenvalue weighted by Gasteiger charge is 2.60. The highest BCUT2D eigenvalue weighted by atomic mass is 16.3. The molecule has 0 radical (unpaired) electrons. The van der Waals surface area contributed by atoms with Crippen molar-refractivity contribution in [2.75, 3.05) is 0 Å². The fourth-order valence-corrected chi connectivity index (χ4v) is 7.92. The lowest BCUT2D eigenvalue weighted by atomic mass is 9.59. The summed E-state index contributed by atoms with van der Waals surface area (Å²) in [5, 5.41) is 11.4. The topological polar surface area (TPSA) is 20.2 Å². The Labute approximate surface area is 173 Å². The molecule has 0 amide bonds. The monoisotopic (exact) mass is 382 g/mol. The van der Waals surface area contributed by atoms with Crippen molar-refractivity contribution in [3.05, 3.63) is 28.8 Å². The van der Waals surface area contributed by atoms with Gasteiger partial charge in [0, 0.05) is 5.56 Å². The van der Waals surface area contributed by atoms with E-state index in [0.29, 0.717) is 5.75 Å². The molecule has 7 unspecified atom stereocenters. The zero-order valence-electron chi connectivity index (χ0n) is 19.3. The average Bonchev–Trinajstić information content (AvgIpc) is 3.33. The van der Waals surface area contributed by atoms with E-state index >= 15 is 0 Å². The van der Waals surface area contributed by atoms with Crippen molar-refractivity contribution in [2.24, 2.45) is 35.5 Å². The molecule has 0 aliphatic heterocycles. The molecule has 3 aliphatic carbocycles. The molecule has 2 bridgehead atoms. The Morgan fingerprint density at radius 3 is 2.25 bits per heavy atom. The fourth-order valence-electron chi connectivity index (χ4n) is 7.92. The number of phenolic OH excluding ortho intramolecular Hbond substituents is 1. The molecule has 1 aromatic carbocycles. The first-order chi connectivity index (χ1) is 13.1. The van der Waals surface area contributed by atoms with Crippen LogP contribution in [0, 0.1) is 42.4 Å². The van der Waals surface area contributed by atoms with Gasteiger partial charge in [0.15, 0.2) is 0 Å². The zero-order chi connectivity index (χ0) is 20.4. The van der Waals surface area contributed by atoms with Crippen molar-refractivity contribution in [1.82, 2.24) is 0 Å². The van der Waals surface area contributed by atoms with Gasteiger partial charge in [0.25, 0.3) is 0 Å². The minimum Gasteiger partial charge on any atom is -0.507 e. The van der Waals surface area contributed by atoms with Gasteiger partial charge in [-0.2, -0.15) is 0 Å². The molecule has 1 nitrogen and oxygen atoms in total. The van der Waals surface area contributed by atoms with Crippen molar-refractivity contribution in [3.63, 3.8) is 0 Å². The molecule has 1 aromatic rings. The van der Waals surface area contributed by atoms with Gasteiger partial charge in [0.2, 0.25) is 0 Å². The number of rotatable bonds is 4. The summed E-state index contributed by atoms with van der Waals surface area (Å²) < 4.78 is 0. The number of aryl methyl sites for hydroxylation is 1. The van der Waals surface area contributed by atoms with E-state index in [1.54, 1.807) is 0 Å². The van der Waals surface area contributed by atoms with Gasteiger partial charge < -0.3 is 5.11 Å². The van der Waals surface area contributed by atoms with Crippen LogP contribution in [0.1, 0.15) is 96.8 Å². The third-order valence-corrected chi connectivity index (χ3v) is 9.41. The van der Waals surface area contributed by atoms with Crippen molar-refractivity contribution in [1.29, 1.82) is 0 Å². The summed E-state index contributed by atoms with van der Waals surface area (Å²) in [6, 6.07) is 4.51. The van der Waals surface area contributed by atoms with Gasteiger partial charge in [-0.1, -0.05) is 65.7 Å². The summed E-state index contributed by atoms with van der Waals surface area (Å²) in [5.41, 5.74) is 3.71. The molecule has 3 saturated carbocycles. The van der Waals surface area contributed by atoms with E-state index in [0.717, 1.165) is 47.5 Å². The Balaban J connectivity index is 1.73. The minimum absolute atomic E-state index is 0.0287. The van der Waals surface area contributed by atoms with Crippen molar-refractivity contribution < 1.29 is 5.11 Å². The maximum absolute atomic E-state index is 11.4. The normalized spacial score (nSPS) is 36.5. The lowest BCUT2D eigenvalue weighted by molar-refractivity contribution is 0.100. The SMILES string of the molecule is CCC1CCC2C3CC(CC3C(C)(CC)c3cc(C)cc(C(C)(C)C)c3O)C12. The van der Waals surface area contributed by atoms with E-state index in [9.17, 15) is 5.11 Å². The van der Waals surface area contributed by atoms with E-state index < -0.39 is 0 Å². The Bertz CT molecular complexity index is 741. The minimum atomic E-state index is -0.0287. The maximum atomic E-state index is 11.4. The van der Waals surface area contributed by atoms with Crippen LogP contribution in [0.25, 0.3) is 0 Å². The van der Waals surface area contributed by atoms with Crippen LogP contribution in [0.4, 0.5) is 0 Å². The van der Waals surface area contributed by atoms with Crippen LogP contribution in [0.15, 0.2) is 12.1 Å². The lowest BCUT2D eigenvalue weighted by Gasteiger charge is -2.45. The third-order valence-electron chi connectivity index (χ3n) is 9.41. The van der Waals surface area contributed by atoms with Crippen LogP contribution < -0.4 is 0 Å². The Morgan fingerprint density at radius 1 is 0.964 bits per heavy atom. The molecule has 3 aliphatic rings. The smallest absolute Gasteiger partial charge is 0.123 e. The molecule has 1 heteroatoms. The first-order valence-corrected chi connectivity index (χ1v) is 12.0. The standard InChI is InChI=1S/C27H42O/c1-8-17-10-11-19-20-14-18(24(17)19)15-21(20)27(7,9-2)23-13-16(3)12-22(25(23)28)26(4,5)6/h12-13,17-21,24,28H,8-11,14-15H2,1-7H3. The van der Waals surface area contributed by atoms with E-state index in [2.05, 4.69) is 60.6 Å². The first kappa shape index (κ1) is 20.3. The van der Waals surface area contributed by atoms with Crippen molar-refractivity contribution in [3.8, 4) is 5.75 Å². The van der Waals surface area contributed by atoms with E-state index in [1.807, 2.05) is 0 Å². The van der Waals surface area contributed by atoms with Crippen LogP contribution in [0.2, 0.25) is 0 Å². The number of aromatic hydroxyl groups is 1. The molecule has 3 fully saturated rings. The van der Waals surface area contributed by atoms with Gasteiger partial charge in [0.1, 0.15) is 5.75 Å². The molecule has 1 N–H and O–H groups in total. The lowest BCUT2D eigenvalue weighted by Crippen LogP contribution is -2.40. The van der Waals surface area contributed by atoms with Crippen LogP contribution in [0.3, 0.4) is 0 Å². The second-order valence-electron chi connectivity index (χ2n) is 11.7. The average molecular weight is 383 g/mol. The Morgan fingerprint density at radius 2 is 1.64 bits per heavy atom. The number of phenols is 1. The van der Waals surface area contributed by atoms with Crippen molar-refractivity contribution in [2.45, 2.75) is 97.8 Å². The molecule has 7 atom stereocenters. The first-order valence-electron chi connectivity index (χ1n) is 12.0. The van der Waals surface area contributed by atoms with Gasteiger partial charge in [-0.15, -0.1) is 0 Å². The van der Waals surface area contributed by atoms with E-state index in [-0.39, 0.29) is 10.8 Å². The summed E-state index contributed by atoms with van der Waals surface area (Å²) in [7, 11) is 0. The highest BCUT2D eigenvalue weighted by Crippen LogP contribution is 2.67. The summed E-state index contributed by atoms with van der Waals surface area (Å²) in [6.45, 7) is 16.1. The van der Waals surface area contributed by atoms with Gasteiger partial charge in [0.05, 0.1) is 0 Å². The summed E-state index contributed by atoms with van der Waals surface area (Å²) in [6.07, 6.45) is 8.30. The molecule has 0 saturated heterocycles. The predicted octanol–water partition coefficient (Wildman–Crippen LogP) is 7.37. The predicted molar refractivity (Wildman–Crippen MR) is 119 cm³/mol. The molecule has 0 spiro atoms. The molecular formula is C27H42O. The fraction of sp³-hybridized carbons (Fsp3) is 0.778. The second-order valence-corrected chi connectivity index (χ2v) is 11.7. The number of hydrogen-bond acceptors (Lipinski definition) is 1. The number of hydrogen-bond donors (Lipinski definition) is 1.